The summed E-state index contributed by atoms with van der Waals surface area (Å²) in [6, 6.07) is 10.0. The van der Waals surface area contributed by atoms with E-state index in [-0.39, 0.29) is 11.6 Å². The smallest absolute Gasteiger partial charge is 0.388 e. The van der Waals surface area contributed by atoms with Crippen LogP contribution in [0.15, 0.2) is 55.0 Å². The van der Waals surface area contributed by atoms with E-state index in [0.717, 1.165) is 5.56 Å². The second-order valence-electron chi connectivity index (χ2n) is 6.02. The van der Waals surface area contributed by atoms with Crippen molar-refractivity contribution in [2.75, 3.05) is 7.11 Å². The number of carbonyl (C=O) groups excluding carboxylic acids is 1. The summed E-state index contributed by atoms with van der Waals surface area (Å²) >= 11 is 0. The van der Waals surface area contributed by atoms with Crippen LogP contribution in [0.25, 0.3) is 11.3 Å². The predicted molar refractivity (Wildman–Crippen MR) is 102 cm³/mol. The van der Waals surface area contributed by atoms with E-state index >= 15 is 0 Å². The third-order valence-corrected chi connectivity index (χ3v) is 4.00. The summed E-state index contributed by atoms with van der Waals surface area (Å²) < 4.78 is 33.8. The Balaban J connectivity index is 1.65. The van der Waals surface area contributed by atoms with Crippen LogP contribution in [0.1, 0.15) is 29.1 Å². The molecule has 0 saturated heterocycles. The van der Waals surface area contributed by atoms with Gasteiger partial charge in [0, 0.05) is 17.8 Å². The molecule has 0 saturated carbocycles. The van der Waals surface area contributed by atoms with Crippen molar-refractivity contribution in [3.8, 4) is 22.9 Å². The van der Waals surface area contributed by atoms with Crippen LogP contribution in [0.3, 0.4) is 0 Å². The van der Waals surface area contributed by atoms with Gasteiger partial charge in [-0.2, -0.15) is 8.78 Å². The predicted octanol–water partition coefficient (Wildman–Crippen LogP) is 3.57. The molecule has 1 amide bonds. The van der Waals surface area contributed by atoms with E-state index in [1.807, 2.05) is 12.1 Å². The molecule has 1 aromatic carbocycles. The van der Waals surface area contributed by atoms with Crippen molar-refractivity contribution >= 4 is 5.91 Å². The van der Waals surface area contributed by atoms with E-state index < -0.39 is 18.6 Å². The van der Waals surface area contributed by atoms with Crippen molar-refractivity contribution in [3.63, 3.8) is 0 Å². The Morgan fingerprint density at radius 2 is 1.97 bits per heavy atom. The SMILES string of the molecule is COc1cccc([C@@H](C)ONC(=O)c2cncc(-c3ccc(OC(F)F)nc3)n2)c1. The van der Waals surface area contributed by atoms with E-state index in [0.29, 0.717) is 17.0 Å². The van der Waals surface area contributed by atoms with Gasteiger partial charge < -0.3 is 9.47 Å². The van der Waals surface area contributed by atoms with Gasteiger partial charge >= 0.3 is 6.61 Å². The first-order valence-electron chi connectivity index (χ1n) is 8.79. The highest BCUT2D eigenvalue weighted by Crippen LogP contribution is 2.21. The molecule has 0 aliphatic carbocycles. The van der Waals surface area contributed by atoms with Crippen molar-refractivity contribution < 1.29 is 27.9 Å². The molecule has 10 heteroatoms. The monoisotopic (exact) mass is 416 g/mol. The number of carbonyl (C=O) groups is 1. The molecule has 1 N–H and O–H groups in total. The summed E-state index contributed by atoms with van der Waals surface area (Å²) in [6.45, 7) is -1.19. The quantitative estimate of drug-likeness (QED) is 0.561. The lowest BCUT2D eigenvalue weighted by Crippen LogP contribution is -2.26. The molecule has 2 heterocycles. The summed E-state index contributed by atoms with van der Waals surface area (Å²) in [5.41, 5.74) is 3.98. The van der Waals surface area contributed by atoms with Gasteiger partial charge in [0.15, 0.2) is 0 Å². The molecule has 0 bridgehead atoms. The van der Waals surface area contributed by atoms with Gasteiger partial charge in [-0.05, 0) is 30.7 Å². The van der Waals surface area contributed by atoms with Crippen LogP contribution in [-0.2, 0) is 4.84 Å². The maximum absolute atomic E-state index is 12.4. The summed E-state index contributed by atoms with van der Waals surface area (Å²) in [4.78, 5) is 29.8. The van der Waals surface area contributed by atoms with E-state index in [9.17, 15) is 13.6 Å². The largest absolute Gasteiger partial charge is 0.497 e. The Morgan fingerprint density at radius 3 is 2.67 bits per heavy atom. The number of halogens is 2. The third kappa shape index (κ3) is 5.45. The molecule has 0 spiro atoms. The summed E-state index contributed by atoms with van der Waals surface area (Å²) in [6.07, 6.45) is 3.55. The lowest BCUT2D eigenvalue weighted by atomic mass is 10.1. The Bertz CT molecular complexity index is 1000. The second-order valence-corrected chi connectivity index (χ2v) is 6.02. The molecule has 156 valence electrons. The molecule has 0 unspecified atom stereocenters. The average Bonchev–Trinajstić information content (AvgIpc) is 2.77. The number of hydrogen-bond acceptors (Lipinski definition) is 7. The molecule has 0 aliphatic rings. The van der Waals surface area contributed by atoms with Gasteiger partial charge in [0.05, 0.1) is 25.2 Å². The van der Waals surface area contributed by atoms with Gasteiger partial charge in [0.2, 0.25) is 5.88 Å². The van der Waals surface area contributed by atoms with Crippen molar-refractivity contribution in [2.24, 2.45) is 0 Å². The highest BCUT2D eigenvalue weighted by atomic mass is 19.3. The second kappa shape index (κ2) is 9.70. The number of nitrogens with zero attached hydrogens (tertiary/aromatic N) is 3. The highest BCUT2D eigenvalue weighted by molar-refractivity contribution is 5.91. The molecule has 30 heavy (non-hydrogen) atoms. The van der Waals surface area contributed by atoms with Gasteiger partial charge in [-0.1, -0.05) is 12.1 Å². The molecule has 2 aromatic heterocycles. The van der Waals surface area contributed by atoms with Crippen LogP contribution in [-0.4, -0.2) is 34.6 Å². The van der Waals surface area contributed by atoms with E-state index in [1.54, 1.807) is 26.2 Å². The standard InChI is InChI=1S/C20H18F2N4O4/c1-12(13-4-3-5-15(8-13)28-2)30-26-19(27)17-11-23-10-16(25-17)14-6-7-18(24-9-14)29-20(21)22/h3-12,20H,1-2H3,(H,26,27)/t12-/m1/s1. The van der Waals surface area contributed by atoms with Crippen molar-refractivity contribution in [2.45, 2.75) is 19.6 Å². The minimum atomic E-state index is -2.96. The van der Waals surface area contributed by atoms with Crippen LogP contribution in [0.5, 0.6) is 11.6 Å². The normalized spacial score (nSPS) is 11.8. The first-order chi connectivity index (χ1) is 14.5. The number of alkyl halides is 2. The molecular formula is C20H18F2N4O4. The minimum Gasteiger partial charge on any atom is -0.497 e. The molecule has 3 rings (SSSR count). The zero-order valence-electron chi connectivity index (χ0n) is 16.1. The fourth-order valence-corrected chi connectivity index (χ4v) is 2.46. The number of methoxy groups -OCH3 is 1. The average molecular weight is 416 g/mol. The molecule has 1 atom stereocenters. The van der Waals surface area contributed by atoms with Crippen molar-refractivity contribution in [1.29, 1.82) is 0 Å². The van der Waals surface area contributed by atoms with Crippen LogP contribution in [0, 0.1) is 0 Å². The van der Waals surface area contributed by atoms with Crippen LogP contribution >= 0.6 is 0 Å². The molecule has 0 fully saturated rings. The number of hydrogen-bond donors (Lipinski definition) is 1. The number of aromatic nitrogens is 3. The number of hydroxylamine groups is 1. The Labute approximate surface area is 170 Å². The maximum atomic E-state index is 12.4. The number of nitrogens with one attached hydrogen (secondary N) is 1. The Hall–Kier alpha value is -3.66. The number of amides is 1. The lowest BCUT2D eigenvalue weighted by molar-refractivity contribution is -0.0528. The van der Waals surface area contributed by atoms with Gasteiger partial charge in [0.25, 0.3) is 5.91 Å². The number of pyridine rings is 1. The van der Waals surface area contributed by atoms with Gasteiger partial charge in [-0.25, -0.2) is 15.4 Å². The lowest BCUT2D eigenvalue weighted by Gasteiger charge is -2.14. The molecule has 0 aliphatic heterocycles. The topological polar surface area (TPSA) is 95.5 Å². The molecule has 0 radical (unpaired) electrons. The first kappa shape index (κ1) is 21.1. The van der Waals surface area contributed by atoms with E-state index in [2.05, 4.69) is 25.2 Å². The molecule has 3 aromatic rings. The number of ether oxygens (including phenoxy) is 2. The highest BCUT2D eigenvalue weighted by Gasteiger charge is 2.14. The Kier molecular flexibility index (Phi) is 6.81. The minimum absolute atomic E-state index is 0.0123. The number of benzene rings is 1. The first-order valence-corrected chi connectivity index (χ1v) is 8.79. The van der Waals surface area contributed by atoms with Crippen molar-refractivity contribution in [1.82, 2.24) is 20.4 Å². The van der Waals surface area contributed by atoms with Gasteiger partial charge in [0.1, 0.15) is 17.5 Å². The Morgan fingerprint density at radius 1 is 1.13 bits per heavy atom. The number of rotatable bonds is 8. The summed E-state index contributed by atoms with van der Waals surface area (Å²) in [5.74, 6) is -0.147. The fraction of sp³-hybridized carbons (Fsp3) is 0.200. The fourth-order valence-electron chi connectivity index (χ4n) is 2.46. The van der Waals surface area contributed by atoms with Crippen LogP contribution in [0.2, 0.25) is 0 Å². The van der Waals surface area contributed by atoms with E-state index in [4.69, 9.17) is 9.57 Å². The van der Waals surface area contributed by atoms with Gasteiger partial charge in [-0.15, -0.1) is 0 Å². The maximum Gasteiger partial charge on any atom is 0.388 e. The van der Waals surface area contributed by atoms with Crippen LogP contribution in [0.4, 0.5) is 8.78 Å². The zero-order valence-corrected chi connectivity index (χ0v) is 16.1. The molecular weight excluding hydrogens is 398 g/mol. The molecule has 8 nitrogen and oxygen atoms in total. The van der Waals surface area contributed by atoms with Crippen LogP contribution < -0.4 is 15.0 Å². The van der Waals surface area contributed by atoms with E-state index in [1.165, 1.54) is 30.7 Å². The summed E-state index contributed by atoms with van der Waals surface area (Å²) in [5, 5.41) is 0. The van der Waals surface area contributed by atoms with Gasteiger partial charge in [-0.3, -0.25) is 14.6 Å². The zero-order chi connectivity index (χ0) is 21.5. The third-order valence-electron chi connectivity index (χ3n) is 4.00. The van der Waals surface area contributed by atoms with Crippen molar-refractivity contribution in [3.05, 3.63) is 66.2 Å². The summed E-state index contributed by atoms with van der Waals surface area (Å²) in [7, 11) is 1.56.